The van der Waals surface area contributed by atoms with E-state index in [-0.39, 0.29) is 12.1 Å². The highest BCUT2D eigenvalue weighted by atomic mass is 16.6. The Balaban J connectivity index is 2.14. The van der Waals surface area contributed by atoms with Gasteiger partial charge < -0.3 is 15.0 Å². The summed E-state index contributed by atoms with van der Waals surface area (Å²) >= 11 is 0. The molecule has 0 aliphatic carbocycles. The Kier molecular flexibility index (Phi) is 6.50. The van der Waals surface area contributed by atoms with Crippen LogP contribution in [0.5, 0.6) is 0 Å². The van der Waals surface area contributed by atoms with Crippen molar-refractivity contribution in [3.05, 3.63) is 34.9 Å². The summed E-state index contributed by atoms with van der Waals surface area (Å²) in [4.78, 5) is 14.2. The van der Waals surface area contributed by atoms with Crippen molar-refractivity contribution in [2.45, 2.75) is 66.0 Å². The maximum atomic E-state index is 12.4. The molecule has 1 heterocycles. The first-order valence-electron chi connectivity index (χ1n) is 9.50. The Morgan fingerprint density at radius 3 is 2.72 bits per heavy atom. The highest BCUT2D eigenvalue weighted by molar-refractivity contribution is 5.68. The van der Waals surface area contributed by atoms with Crippen LogP contribution in [-0.2, 0) is 4.74 Å². The van der Waals surface area contributed by atoms with Crippen molar-refractivity contribution in [3.63, 3.8) is 0 Å². The number of carbonyl (C=O) groups is 1. The van der Waals surface area contributed by atoms with Gasteiger partial charge in [-0.15, -0.1) is 0 Å². The fraction of sp³-hybridized carbons (Fsp3) is 0.667. The molecule has 1 aromatic carbocycles. The third-order valence-corrected chi connectivity index (χ3v) is 4.94. The van der Waals surface area contributed by atoms with E-state index in [1.165, 1.54) is 16.7 Å². The van der Waals surface area contributed by atoms with E-state index >= 15 is 0 Å². The molecule has 2 atom stereocenters. The third-order valence-electron chi connectivity index (χ3n) is 4.94. The van der Waals surface area contributed by atoms with Crippen LogP contribution >= 0.6 is 0 Å². The van der Waals surface area contributed by atoms with Gasteiger partial charge in [0, 0.05) is 19.1 Å². The normalized spacial score (nSPS) is 19.1. The van der Waals surface area contributed by atoms with E-state index in [4.69, 9.17) is 4.74 Å². The largest absolute Gasteiger partial charge is 0.444 e. The summed E-state index contributed by atoms with van der Waals surface area (Å²) in [5.74, 6) is 0.416. The van der Waals surface area contributed by atoms with Crippen molar-refractivity contribution in [2.75, 3.05) is 19.6 Å². The van der Waals surface area contributed by atoms with E-state index in [2.05, 4.69) is 44.3 Å². The Morgan fingerprint density at radius 1 is 1.36 bits per heavy atom. The first kappa shape index (κ1) is 19.8. The number of nitrogens with zero attached hydrogens (tertiary/aromatic N) is 1. The van der Waals surface area contributed by atoms with E-state index in [0.717, 1.165) is 32.5 Å². The Hall–Kier alpha value is -1.55. The van der Waals surface area contributed by atoms with Crippen molar-refractivity contribution in [1.82, 2.24) is 10.2 Å². The zero-order valence-electron chi connectivity index (χ0n) is 16.7. The second kappa shape index (κ2) is 8.22. The molecule has 140 valence electrons. The molecule has 1 saturated heterocycles. The minimum Gasteiger partial charge on any atom is -0.444 e. The zero-order chi connectivity index (χ0) is 18.6. The van der Waals surface area contributed by atoms with Gasteiger partial charge in [-0.1, -0.05) is 25.1 Å². The second-order valence-corrected chi connectivity index (χ2v) is 8.20. The monoisotopic (exact) mass is 346 g/mol. The number of hydrogen-bond donors (Lipinski definition) is 1. The van der Waals surface area contributed by atoms with E-state index in [1.54, 1.807) is 0 Å². The number of aryl methyl sites for hydroxylation is 1. The van der Waals surface area contributed by atoms with Gasteiger partial charge in [0.25, 0.3) is 0 Å². The van der Waals surface area contributed by atoms with Gasteiger partial charge in [-0.3, -0.25) is 0 Å². The Bertz CT molecular complexity index is 592. The molecular weight excluding hydrogens is 312 g/mol. The van der Waals surface area contributed by atoms with Crippen LogP contribution in [0, 0.1) is 19.8 Å². The number of amides is 1. The lowest BCUT2D eigenvalue weighted by Crippen LogP contribution is -2.37. The van der Waals surface area contributed by atoms with Gasteiger partial charge in [-0.25, -0.2) is 4.79 Å². The molecule has 25 heavy (non-hydrogen) atoms. The van der Waals surface area contributed by atoms with Crippen molar-refractivity contribution < 1.29 is 9.53 Å². The average Bonchev–Trinajstić information content (AvgIpc) is 3.00. The molecule has 1 aliphatic rings. The lowest BCUT2D eigenvalue weighted by atomic mass is 9.88. The number of hydrogen-bond acceptors (Lipinski definition) is 3. The van der Waals surface area contributed by atoms with Crippen LogP contribution in [-0.4, -0.2) is 36.2 Å². The predicted molar refractivity (Wildman–Crippen MR) is 103 cm³/mol. The van der Waals surface area contributed by atoms with E-state index < -0.39 is 5.60 Å². The zero-order valence-corrected chi connectivity index (χ0v) is 16.7. The van der Waals surface area contributed by atoms with Crippen molar-refractivity contribution >= 4 is 6.09 Å². The average molecular weight is 347 g/mol. The van der Waals surface area contributed by atoms with Gasteiger partial charge in [0.15, 0.2) is 0 Å². The fourth-order valence-corrected chi connectivity index (χ4v) is 3.49. The van der Waals surface area contributed by atoms with Gasteiger partial charge >= 0.3 is 6.09 Å². The fourth-order valence-electron chi connectivity index (χ4n) is 3.49. The molecule has 2 rings (SSSR count). The maximum Gasteiger partial charge on any atom is 0.410 e. The predicted octanol–water partition coefficient (Wildman–Crippen LogP) is 4.60. The molecule has 1 N–H and O–H groups in total. The van der Waals surface area contributed by atoms with E-state index in [0.29, 0.717) is 5.92 Å². The summed E-state index contributed by atoms with van der Waals surface area (Å²) in [5.41, 5.74) is 3.60. The number of carbonyl (C=O) groups excluding carboxylic acids is 1. The van der Waals surface area contributed by atoms with E-state index in [9.17, 15) is 4.79 Å². The van der Waals surface area contributed by atoms with Crippen molar-refractivity contribution in [1.29, 1.82) is 0 Å². The summed E-state index contributed by atoms with van der Waals surface area (Å²) in [6.07, 6.45) is 1.92. The summed E-state index contributed by atoms with van der Waals surface area (Å²) in [5, 5.41) is 3.72. The molecule has 1 aliphatic heterocycles. The molecule has 1 amide bonds. The van der Waals surface area contributed by atoms with Crippen molar-refractivity contribution in [3.8, 4) is 0 Å². The highest BCUT2D eigenvalue weighted by Crippen LogP contribution is 2.33. The van der Waals surface area contributed by atoms with Gasteiger partial charge in [-0.05, 0) is 76.6 Å². The molecule has 4 heteroatoms. The van der Waals surface area contributed by atoms with Crippen LogP contribution in [0.25, 0.3) is 0 Å². The molecular formula is C21H34N2O2. The molecule has 1 aromatic rings. The number of ether oxygens (including phenoxy) is 1. The van der Waals surface area contributed by atoms with Crippen LogP contribution in [0.2, 0.25) is 0 Å². The lowest BCUT2D eigenvalue weighted by Gasteiger charge is -2.28. The van der Waals surface area contributed by atoms with Gasteiger partial charge in [0.1, 0.15) is 5.60 Å². The Labute approximate surface area is 152 Å². The second-order valence-electron chi connectivity index (χ2n) is 8.20. The number of rotatable bonds is 5. The minimum atomic E-state index is -0.442. The molecule has 2 unspecified atom stereocenters. The Morgan fingerprint density at radius 2 is 2.08 bits per heavy atom. The molecule has 4 nitrogen and oxygen atoms in total. The minimum absolute atomic E-state index is 0.190. The van der Waals surface area contributed by atoms with Crippen LogP contribution in [0.1, 0.15) is 63.3 Å². The number of nitrogens with one attached hydrogen (secondary N) is 1. The van der Waals surface area contributed by atoms with Gasteiger partial charge in [-0.2, -0.15) is 0 Å². The third kappa shape index (κ3) is 5.21. The maximum absolute atomic E-state index is 12.4. The topological polar surface area (TPSA) is 41.6 Å². The quantitative estimate of drug-likeness (QED) is 0.847. The van der Waals surface area contributed by atoms with Crippen LogP contribution in [0.15, 0.2) is 18.2 Å². The number of benzene rings is 1. The number of likely N-dealkylation sites (tertiary alicyclic amines) is 1. The van der Waals surface area contributed by atoms with Gasteiger partial charge in [0.05, 0.1) is 0 Å². The summed E-state index contributed by atoms with van der Waals surface area (Å²) < 4.78 is 5.55. The van der Waals surface area contributed by atoms with Crippen LogP contribution in [0.4, 0.5) is 4.79 Å². The SMILES string of the molecule is CCCNC(c1cccc(C)c1C)C1CCN(C(=O)OC(C)(C)C)C1. The summed E-state index contributed by atoms with van der Waals surface area (Å²) in [7, 11) is 0. The highest BCUT2D eigenvalue weighted by Gasteiger charge is 2.35. The van der Waals surface area contributed by atoms with Gasteiger partial charge in [0.2, 0.25) is 0 Å². The molecule has 0 saturated carbocycles. The standard InChI is InChI=1S/C21H34N2O2/c1-7-12-22-19(18-10-8-9-15(2)16(18)3)17-11-13-23(14-17)20(24)25-21(4,5)6/h8-10,17,19,22H,7,11-14H2,1-6H3. The summed E-state index contributed by atoms with van der Waals surface area (Å²) in [6, 6.07) is 6.81. The van der Waals surface area contributed by atoms with Crippen LogP contribution < -0.4 is 5.32 Å². The van der Waals surface area contributed by atoms with Crippen LogP contribution in [0.3, 0.4) is 0 Å². The first-order valence-corrected chi connectivity index (χ1v) is 9.50. The first-order chi connectivity index (χ1) is 11.7. The molecule has 1 fully saturated rings. The smallest absolute Gasteiger partial charge is 0.410 e. The summed E-state index contributed by atoms with van der Waals surface area (Å²) in [6.45, 7) is 14.8. The molecule has 0 spiro atoms. The lowest BCUT2D eigenvalue weighted by molar-refractivity contribution is 0.0285. The van der Waals surface area contributed by atoms with E-state index in [1.807, 2.05) is 25.7 Å². The molecule has 0 bridgehead atoms. The molecule has 0 radical (unpaired) electrons. The molecule has 0 aromatic heterocycles. The van der Waals surface area contributed by atoms with Crippen molar-refractivity contribution in [2.24, 2.45) is 5.92 Å².